The lowest BCUT2D eigenvalue weighted by Crippen LogP contribution is -2.43. The molecule has 0 unspecified atom stereocenters. The van der Waals surface area contributed by atoms with Crippen molar-refractivity contribution in [2.24, 2.45) is 0 Å². The molecule has 3 aromatic rings. The molecule has 2 heterocycles. The van der Waals surface area contributed by atoms with Crippen LogP contribution < -0.4 is 14.9 Å². The number of sulfonamides is 2. The Kier molecular flexibility index (Phi) is 10.5. The first-order chi connectivity index (χ1) is 21.9. The van der Waals surface area contributed by atoms with Gasteiger partial charge in [-0.2, -0.15) is 4.31 Å². The number of phenols is 1. The fourth-order valence-corrected chi connectivity index (χ4v) is 8.04. The summed E-state index contributed by atoms with van der Waals surface area (Å²) in [6.45, 7) is 2.05. The number of hydrogen-bond acceptors (Lipinski definition) is 10. The second-order valence-electron chi connectivity index (χ2n) is 11.7. The Bertz CT molecular complexity index is 1710. The Labute approximate surface area is 270 Å². The molecule has 0 saturated carbocycles. The maximum atomic E-state index is 13.5. The molecule has 12 nitrogen and oxygen atoms in total. The number of nitrogens with one attached hydrogen (secondary N) is 2. The molecule has 3 aromatic carbocycles. The quantitative estimate of drug-likeness (QED) is 0.166. The number of carbonyl (C=O) groups excluding carboxylic acids is 1. The number of benzene rings is 3. The van der Waals surface area contributed by atoms with Gasteiger partial charge in [0.25, 0.3) is 0 Å². The zero-order valence-corrected chi connectivity index (χ0v) is 27.2. The fourth-order valence-electron chi connectivity index (χ4n) is 5.83. The number of phenolic OH excluding ortho intramolecular Hbond substituents is 1. The van der Waals surface area contributed by atoms with Crippen LogP contribution in [0.25, 0.3) is 0 Å². The number of esters is 1. The molecule has 0 radical (unpaired) electrons. The molecule has 5 rings (SSSR count). The van der Waals surface area contributed by atoms with Crippen LogP contribution in [-0.4, -0.2) is 81.8 Å². The summed E-state index contributed by atoms with van der Waals surface area (Å²) >= 11 is 0. The van der Waals surface area contributed by atoms with Crippen molar-refractivity contribution >= 4 is 37.4 Å². The highest BCUT2D eigenvalue weighted by molar-refractivity contribution is 7.92. The van der Waals surface area contributed by atoms with Crippen molar-refractivity contribution in [1.82, 2.24) is 9.62 Å². The lowest BCUT2D eigenvalue weighted by atomic mass is 10.0. The summed E-state index contributed by atoms with van der Waals surface area (Å²) in [5.74, 6) is -0.769. The van der Waals surface area contributed by atoms with Crippen LogP contribution in [0, 0.1) is 0 Å². The SMILES string of the molecule is CS(=O)(=O)Nc1cc([C@@H](O)CNC2CCN(c3ccc(S(=O)(=O)N4CCC[C@H]4C(=O)OCc4ccccc4)cc3)CC2)ccc1O. The maximum Gasteiger partial charge on any atom is 0.324 e. The minimum atomic E-state index is -3.89. The second-order valence-corrected chi connectivity index (χ2v) is 15.3. The lowest BCUT2D eigenvalue weighted by Gasteiger charge is -2.34. The number of ether oxygens (including phenoxy) is 1. The zero-order chi connectivity index (χ0) is 32.9. The van der Waals surface area contributed by atoms with Gasteiger partial charge in [0, 0.05) is 37.9 Å². The summed E-state index contributed by atoms with van der Waals surface area (Å²) in [6, 6.07) is 19.6. The van der Waals surface area contributed by atoms with Gasteiger partial charge >= 0.3 is 5.97 Å². The van der Waals surface area contributed by atoms with E-state index in [-0.39, 0.29) is 42.1 Å². The van der Waals surface area contributed by atoms with E-state index in [9.17, 15) is 31.8 Å². The van der Waals surface area contributed by atoms with Crippen molar-refractivity contribution in [2.75, 3.05) is 42.1 Å². The molecular weight excluding hydrogens is 633 g/mol. The van der Waals surface area contributed by atoms with Crippen LogP contribution in [0.4, 0.5) is 11.4 Å². The van der Waals surface area contributed by atoms with Crippen molar-refractivity contribution in [3.63, 3.8) is 0 Å². The number of hydrogen-bond donors (Lipinski definition) is 4. The molecule has 0 amide bonds. The molecule has 2 fully saturated rings. The average molecular weight is 673 g/mol. The Morgan fingerprint density at radius 1 is 0.957 bits per heavy atom. The molecule has 2 saturated heterocycles. The van der Waals surface area contributed by atoms with Gasteiger partial charge in [-0.25, -0.2) is 16.8 Å². The topological polar surface area (TPSA) is 166 Å². The molecule has 0 aliphatic carbocycles. The summed E-state index contributed by atoms with van der Waals surface area (Å²) < 4.78 is 59.1. The third-order valence-electron chi connectivity index (χ3n) is 8.30. The molecule has 248 valence electrons. The molecule has 14 heteroatoms. The van der Waals surface area contributed by atoms with Gasteiger partial charge in [0.2, 0.25) is 20.0 Å². The summed E-state index contributed by atoms with van der Waals surface area (Å²) in [5.41, 5.74) is 2.21. The predicted octanol–water partition coefficient (Wildman–Crippen LogP) is 2.95. The monoisotopic (exact) mass is 672 g/mol. The van der Waals surface area contributed by atoms with E-state index in [1.807, 2.05) is 30.3 Å². The van der Waals surface area contributed by atoms with Crippen molar-refractivity contribution in [1.29, 1.82) is 0 Å². The van der Waals surface area contributed by atoms with E-state index in [4.69, 9.17) is 4.74 Å². The first kappa shape index (κ1) is 33.7. The van der Waals surface area contributed by atoms with E-state index in [0.717, 1.165) is 43.4 Å². The predicted molar refractivity (Wildman–Crippen MR) is 174 cm³/mol. The van der Waals surface area contributed by atoms with Crippen molar-refractivity contribution in [2.45, 2.75) is 55.4 Å². The first-order valence-corrected chi connectivity index (χ1v) is 18.5. The molecule has 0 spiro atoms. The summed E-state index contributed by atoms with van der Waals surface area (Å²) in [7, 11) is -7.48. The van der Waals surface area contributed by atoms with E-state index >= 15 is 0 Å². The zero-order valence-electron chi connectivity index (χ0n) is 25.6. The summed E-state index contributed by atoms with van der Waals surface area (Å²) in [5, 5.41) is 24.0. The molecule has 0 aromatic heterocycles. The number of nitrogens with zero attached hydrogens (tertiary/aromatic N) is 2. The van der Waals surface area contributed by atoms with Gasteiger partial charge in [0.15, 0.2) is 0 Å². The molecular formula is C32H40N4O8S2. The lowest BCUT2D eigenvalue weighted by molar-refractivity contribution is -0.148. The smallest absolute Gasteiger partial charge is 0.324 e. The van der Waals surface area contributed by atoms with Crippen LogP contribution in [0.5, 0.6) is 5.75 Å². The Balaban J connectivity index is 1.12. The fraction of sp³-hybridized carbons (Fsp3) is 0.406. The van der Waals surface area contributed by atoms with Crippen LogP contribution in [0.3, 0.4) is 0 Å². The normalized spacial score (nSPS) is 18.7. The maximum absolute atomic E-state index is 13.5. The number of aromatic hydroxyl groups is 1. The molecule has 2 atom stereocenters. The van der Waals surface area contributed by atoms with Gasteiger partial charge < -0.3 is 25.2 Å². The summed E-state index contributed by atoms with van der Waals surface area (Å²) in [4.78, 5) is 15.1. The molecule has 4 N–H and O–H groups in total. The van der Waals surface area contributed by atoms with Gasteiger partial charge in [0.1, 0.15) is 18.4 Å². The van der Waals surface area contributed by atoms with Gasteiger partial charge in [-0.15, -0.1) is 0 Å². The van der Waals surface area contributed by atoms with Crippen LogP contribution in [0.1, 0.15) is 42.9 Å². The van der Waals surface area contributed by atoms with E-state index in [2.05, 4.69) is 14.9 Å². The van der Waals surface area contributed by atoms with Crippen LogP contribution in [0.15, 0.2) is 77.7 Å². The third kappa shape index (κ3) is 8.36. The summed E-state index contributed by atoms with van der Waals surface area (Å²) in [6.07, 6.45) is 2.67. The van der Waals surface area contributed by atoms with Crippen LogP contribution in [-0.2, 0) is 36.2 Å². The first-order valence-electron chi connectivity index (χ1n) is 15.2. The number of piperidine rings is 1. The van der Waals surface area contributed by atoms with E-state index in [0.29, 0.717) is 18.4 Å². The number of carbonyl (C=O) groups is 1. The largest absolute Gasteiger partial charge is 0.506 e. The highest BCUT2D eigenvalue weighted by atomic mass is 32.2. The van der Waals surface area contributed by atoms with Gasteiger partial charge in [-0.1, -0.05) is 36.4 Å². The van der Waals surface area contributed by atoms with Crippen molar-refractivity contribution in [3.8, 4) is 5.75 Å². The Hall–Kier alpha value is -3.69. The Morgan fingerprint density at radius 3 is 2.33 bits per heavy atom. The number of aliphatic hydroxyl groups is 1. The van der Waals surface area contributed by atoms with Crippen LogP contribution >= 0.6 is 0 Å². The minimum absolute atomic E-state index is 0.00719. The highest BCUT2D eigenvalue weighted by Crippen LogP contribution is 2.30. The number of aliphatic hydroxyl groups excluding tert-OH is 1. The molecule has 0 bridgehead atoms. The van der Waals surface area contributed by atoms with Crippen molar-refractivity contribution in [3.05, 3.63) is 83.9 Å². The van der Waals surface area contributed by atoms with E-state index in [1.54, 1.807) is 30.3 Å². The number of anilines is 2. The van der Waals surface area contributed by atoms with Gasteiger partial charge in [-0.05, 0) is 73.2 Å². The van der Waals surface area contributed by atoms with Crippen LogP contribution in [0.2, 0.25) is 0 Å². The molecule has 2 aliphatic heterocycles. The average Bonchev–Trinajstić information content (AvgIpc) is 3.55. The van der Waals surface area contributed by atoms with Crippen molar-refractivity contribution < 1.29 is 36.6 Å². The second kappa shape index (κ2) is 14.4. The Morgan fingerprint density at radius 2 is 1.65 bits per heavy atom. The van der Waals surface area contributed by atoms with E-state index in [1.165, 1.54) is 16.4 Å². The standard InChI is InChI=1S/C32H40N4O8S2/c1-45(40,41)34-28-20-24(9-14-30(28)37)31(38)21-33-25-15-18-35(19-16-25)26-10-12-27(13-11-26)46(42,43)36-17-5-8-29(36)32(39)44-22-23-6-3-2-4-7-23/h2-4,6-7,9-14,20,25,29,31,33-34,37-38H,5,8,15-19,21-22H2,1H3/t29-,31-/m0/s1. The molecule has 2 aliphatic rings. The third-order valence-corrected chi connectivity index (χ3v) is 10.8. The highest BCUT2D eigenvalue weighted by Gasteiger charge is 2.40. The number of rotatable bonds is 12. The van der Waals surface area contributed by atoms with E-state index < -0.39 is 38.2 Å². The van der Waals surface area contributed by atoms with Gasteiger partial charge in [0.05, 0.1) is 22.9 Å². The minimum Gasteiger partial charge on any atom is -0.506 e. The van der Waals surface area contributed by atoms with Gasteiger partial charge in [-0.3, -0.25) is 9.52 Å². The molecule has 46 heavy (non-hydrogen) atoms.